The molecular formula is C22H22F4N2O4. The first-order valence-electron chi connectivity index (χ1n) is 9.60. The highest BCUT2D eigenvalue weighted by atomic mass is 19.4. The Labute approximate surface area is 182 Å². The van der Waals surface area contributed by atoms with E-state index in [2.05, 4.69) is 5.32 Å². The number of nitriles is 1. The highest BCUT2D eigenvalue weighted by Gasteiger charge is 2.43. The molecule has 2 aromatic rings. The molecule has 0 aliphatic rings. The molecule has 2 rings (SSSR count). The summed E-state index contributed by atoms with van der Waals surface area (Å²) in [6.07, 6.45) is -7.28. The summed E-state index contributed by atoms with van der Waals surface area (Å²) in [5.41, 5.74) is 0.0350. The summed E-state index contributed by atoms with van der Waals surface area (Å²) in [6.45, 7) is 1.25. The van der Waals surface area contributed by atoms with Crippen molar-refractivity contribution >= 4 is 17.3 Å². The van der Waals surface area contributed by atoms with E-state index in [0.717, 1.165) is 6.07 Å². The summed E-state index contributed by atoms with van der Waals surface area (Å²) in [6, 6.07) is 9.17. The van der Waals surface area contributed by atoms with Crippen molar-refractivity contribution in [3.8, 4) is 6.07 Å². The second-order valence-corrected chi connectivity index (χ2v) is 6.91. The number of carboxylic acids is 1. The molecule has 0 fully saturated rings. The quantitative estimate of drug-likeness (QED) is 0.475. The minimum Gasteiger partial charge on any atom is -0.481 e. The van der Waals surface area contributed by atoms with Crippen LogP contribution in [0.4, 0.5) is 28.9 Å². The number of anilines is 2. The lowest BCUT2D eigenvalue weighted by molar-refractivity contribution is -0.222. The molecule has 0 amide bonds. The number of nitrogens with one attached hydrogen (secondary N) is 1. The number of carboxylic acid groups (broad SMARTS) is 1. The average molecular weight is 454 g/mol. The zero-order valence-electron chi connectivity index (χ0n) is 17.4. The van der Waals surface area contributed by atoms with Crippen molar-refractivity contribution in [1.29, 1.82) is 5.26 Å². The molecule has 0 aliphatic carbocycles. The van der Waals surface area contributed by atoms with E-state index in [-0.39, 0.29) is 42.1 Å². The van der Waals surface area contributed by atoms with Crippen LogP contribution in [0.25, 0.3) is 0 Å². The first-order valence-corrected chi connectivity index (χ1v) is 9.60. The minimum atomic E-state index is -4.73. The Kier molecular flexibility index (Phi) is 8.57. The number of benzene rings is 2. The van der Waals surface area contributed by atoms with Gasteiger partial charge >= 0.3 is 12.1 Å². The van der Waals surface area contributed by atoms with Crippen LogP contribution >= 0.6 is 0 Å². The topological polar surface area (TPSA) is 91.6 Å². The lowest BCUT2D eigenvalue weighted by Crippen LogP contribution is -2.24. The maximum atomic E-state index is 14.0. The van der Waals surface area contributed by atoms with Crippen LogP contribution in [0.15, 0.2) is 36.4 Å². The average Bonchev–Trinajstić information content (AvgIpc) is 2.71. The molecule has 0 heterocycles. The molecule has 10 heteroatoms. The summed E-state index contributed by atoms with van der Waals surface area (Å²) < 4.78 is 65.1. The molecule has 2 atom stereocenters. The molecule has 0 aliphatic heterocycles. The van der Waals surface area contributed by atoms with Gasteiger partial charge in [0.15, 0.2) is 6.10 Å². The number of carbonyl (C=O) groups is 1. The molecule has 6 nitrogen and oxygen atoms in total. The molecule has 2 N–H and O–H groups in total. The molecule has 172 valence electrons. The number of alkyl halides is 3. The van der Waals surface area contributed by atoms with E-state index < -0.39 is 30.0 Å². The van der Waals surface area contributed by atoms with Gasteiger partial charge in [-0.15, -0.1) is 0 Å². The number of hydrogen-bond donors (Lipinski definition) is 2. The van der Waals surface area contributed by atoms with E-state index in [0.29, 0.717) is 5.56 Å². The van der Waals surface area contributed by atoms with E-state index in [4.69, 9.17) is 19.8 Å². The van der Waals surface area contributed by atoms with Gasteiger partial charge in [0.2, 0.25) is 0 Å². The standard InChI is InChI=1S/C22H22F4N2O4/c1-3-32-21(22(24,25)26)17-7-5-13(15(12-31-2)9-20(29)30)8-19(17)28-16-6-4-14(11-27)18(23)10-16/h4-8,10,15,21,28H,3,9,12H2,1-2H3,(H,29,30)/t15?,21-/m1/s1. The van der Waals surface area contributed by atoms with Crippen LogP contribution in [0.5, 0.6) is 0 Å². The molecule has 0 bridgehead atoms. The van der Waals surface area contributed by atoms with Gasteiger partial charge in [-0.05, 0) is 36.8 Å². The van der Waals surface area contributed by atoms with Gasteiger partial charge in [0, 0.05) is 36.6 Å². The molecular weight excluding hydrogens is 432 g/mol. The van der Waals surface area contributed by atoms with Crippen LogP contribution in [-0.4, -0.2) is 37.6 Å². The second kappa shape index (κ2) is 10.9. The van der Waals surface area contributed by atoms with E-state index in [1.807, 2.05) is 0 Å². The van der Waals surface area contributed by atoms with Crippen molar-refractivity contribution in [3.05, 3.63) is 58.9 Å². The summed E-state index contributed by atoms with van der Waals surface area (Å²) >= 11 is 0. The third-order valence-corrected chi connectivity index (χ3v) is 4.62. The fraction of sp³-hybridized carbons (Fsp3) is 0.364. The molecule has 2 aromatic carbocycles. The van der Waals surface area contributed by atoms with E-state index in [1.54, 1.807) is 6.07 Å². The molecule has 0 aromatic heterocycles. The number of methoxy groups -OCH3 is 1. The lowest BCUT2D eigenvalue weighted by Gasteiger charge is -2.25. The van der Waals surface area contributed by atoms with Crippen LogP contribution < -0.4 is 5.32 Å². The SMILES string of the molecule is CCO[C@H](c1ccc(C(COC)CC(=O)O)cc1Nc1ccc(C#N)c(F)c1)C(F)(F)F. The molecule has 0 spiro atoms. The number of nitrogens with zero attached hydrogens (tertiary/aromatic N) is 1. The van der Waals surface area contributed by atoms with Gasteiger partial charge in [0.1, 0.15) is 11.9 Å². The predicted molar refractivity (Wildman–Crippen MR) is 108 cm³/mol. The van der Waals surface area contributed by atoms with Gasteiger partial charge in [-0.3, -0.25) is 4.79 Å². The lowest BCUT2D eigenvalue weighted by atomic mass is 9.93. The molecule has 0 saturated carbocycles. The normalized spacial score (nSPS) is 13.3. The van der Waals surface area contributed by atoms with Crippen LogP contribution in [0.2, 0.25) is 0 Å². The summed E-state index contributed by atoms with van der Waals surface area (Å²) in [5.74, 6) is -2.56. The Morgan fingerprint density at radius 3 is 2.50 bits per heavy atom. The maximum Gasteiger partial charge on any atom is 0.418 e. The van der Waals surface area contributed by atoms with E-state index in [1.165, 1.54) is 44.4 Å². The number of halogens is 4. The number of rotatable bonds is 10. The smallest absolute Gasteiger partial charge is 0.418 e. The van der Waals surface area contributed by atoms with Gasteiger partial charge < -0.3 is 19.9 Å². The van der Waals surface area contributed by atoms with Crippen molar-refractivity contribution in [3.63, 3.8) is 0 Å². The fourth-order valence-corrected chi connectivity index (χ4v) is 3.22. The van der Waals surface area contributed by atoms with E-state index in [9.17, 15) is 22.4 Å². The summed E-state index contributed by atoms with van der Waals surface area (Å²) in [5, 5.41) is 20.8. The van der Waals surface area contributed by atoms with Gasteiger partial charge in [-0.1, -0.05) is 12.1 Å². The summed E-state index contributed by atoms with van der Waals surface area (Å²) in [4.78, 5) is 11.2. The fourth-order valence-electron chi connectivity index (χ4n) is 3.22. The van der Waals surface area contributed by atoms with Gasteiger partial charge in [-0.2, -0.15) is 18.4 Å². The van der Waals surface area contributed by atoms with Crippen molar-refractivity contribution < 1.29 is 36.9 Å². The number of hydrogen-bond acceptors (Lipinski definition) is 5. The van der Waals surface area contributed by atoms with Gasteiger partial charge in [0.25, 0.3) is 0 Å². The van der Waals surface area contributed by atoms with Crippen molar-refractivity contribution in [2.75, 3.05) is 25.6 Å². The Hall–Kier alpha value is -3.16. The van der Waals surface area contributed by atoms with Crippen LogP contribution in [-0.2, 0) is 14.3 Å². The highest BCUT2D eigenvalue weighted by Crippen LogP contribution is 2.41. The Balaban J connectivity index is 2.59. The van der Waals surface area contributed by atoms with Crippen LogP contribution in [0.1, 0.15) is 42.1 Å². The second-order valence-electron chi connectivity index (χ2n) is 6.91. The van der Waals surface area contributed by atoms with E-state index >= 15 is 0 Å². The van der Waals surface area contributed by atoms with Crippen molar-refractivity contribution in [2.24, 2.45) is 0 Å². The van der Waals surface area contributed by atoms with Gasteiger partial charge in [-0.25, -0.2) is 4.39 Å². The maximum absolute atomic E-state index is 14.0. The van der Waals surface area contributed by atoms with Gasteiger partial charge in [0.05, 0.1) is 18.6 Å². The molecule has 0 radical (unpaired) electrons. The third kappa shape index (κ3) is 6.42. The van der Waals surface area contributed by atoms with Crippen LogP contribution in [0.3, 0.4) is 0 Å². The zero-order valence-corrected chi connectivity index (χ0v) is 17.4. The van der Waals surface area contributed by atoms with Crippen molar-refractivity contribution in [1.82, 2.24) is 0 Å². The van der Waals surface area contributed by atoms with Crippen LogP contribution in [0, 0.1) is 17.1 Å². The summed E-state index contributed by atoms with van der Waals surface area (Å²) in [7, 11) is 1.39. The monoisotopic (exact) mass is 454 g/mol. The van der Waals surface area contributed by atoms with Crippen molar-refractivity contribution in [2.45, 2.75) is 31.5 Å². The Bertz CT molecular complexity index is 989. The zero-order chi connectivity index (χ0) is 23.9. The number of aliphatic carboxylic acids is 1. The minimum absolute atomic E-state index is 0.0325. The third-order valence-electron chi connectivity index (χ3n) is 4.62. The molecule has 32 heavy (non-hydrogen) atoms. The Morgan fingerprint density at radius 2 is 1.97 bits per heavy atom. The molecule has 1 unspecified atom stereocenters. The Morgan fingerprint density at radius 1 is 1.25 bits per heavy atom. The highest BCUT2D eigenvalue weighted by molar-refractivity contribution is 5.69. The molecule has 0 saturated heterocycles. The predicted octanol–water partition coefficient (Wildman–Crippen LogP) is 5.29. The number of ether oxygens (including phenoxy) is 2. The first-order chi connectivity index (χ1) is 15.1. The largest absolute Gasteiger partial charge is 0.481 e. The first kappa shape index (κ1) is 25.1.